The zero-order valence-corrected chi connectivity index (χ0v) is 14.2. The van der Waals surface area contributed by atoms with Gasteiger partial charge in [0.1, 0.15) is 0 Å². The highest BCUT2D eigenvalue weighted by molar-refractivity contribution is 6.70. The van der Waals surface area contributed by atoms with Gasteiger partial charge in [-0.25, -0.2) is 0 Å². The molecule has 3 heteroatoms. The Kier molecular flexibility index (Phi) is 4.18. The van der Waals surface area contributed by atoms with E-state index in [-0.39, 0.29) is 18.3 Å². The Labute approximate surface area is 139 Å². The van der Waals surface area contributed by atoms with Crippen molar-refractivity contribution in [3.05, 3.63) is 71.8 Å². The summed E-state index contributed by atoms with van der Waals surface area (Å²) in [6, 6.07) is 20.6. The van der Waals surface area contributed by atoms with Gasteiger partial charge in [-0.2, -0.15) is 0 Å². The third-order valence-electron chi connectivity index (χ3n) is 4.74. The second-order valence-electron chi connectivity index (χ2n) is 6.96. The second-order valence-corrected chi connectivity index (χ2v) is 6.96. The van der Waals surface area contributed by atoms with Gasteiger partial charge in [-0.05, 0) is 44.3 Å². The SMILES string of the molecule is CC1(C)OB(/C(=C/c2ccccc2)c2ccccc2)OC1(C)C. The van der Waals surface area contributed by atoms with Crippen LogP contribution in [-0.2, 0) is 9.31 Å². The summed E-state index contributed by atoms with van der Waals surface area (Å²) in [5.74, 6) is 0. The van der Waals surface area contributed by atoms with Crippen LogP contribution in [0.1, 0.15) is 38.8 Å². The van der Waals surface area contributed by atoms with E-state index in [1.807, 2.05) is 36.4 Å². The molecule has 0 amide bonds. The normalized spacial score (nSPS) is 19.8. The van der Waals surface area contributed by atoms with Crippen molar-refractivity contribution in [2.45, 2.75) is 38.9 Å². The first kappa shape index (κ1) is 16.0. The van der Waals surface area contributed by atoms with E-state index in [1.54, 1.807) is 0 Å². The van der Waals surface area contributed by atoms with Crippen molar-refractivity contribution in [3.8, 4) is 0 Å². The minimum Gasteiger partial charge on any atom is -0.399 e. The standard InChI is InChI=1S/C20H23BO2/c1-19(2)20(3,4)23-21(22-19)18(17-13-9-6-10-14-17)15-16-11-7-5-8-12-16/h5-15H,1-4H3/b18-15+. The highest BCUT2D eigenvalue weighted by Gasteiger charge is 2.52. The first-order chi connectivity index (χ1) is 10.9. The van der Waals surface area contributed by atoms with Gasteiger partial charge >= 0.3 is 7.12 Å². The average Bonchev–Trinajstić information content (AvgIpc) is 2.75. The summed E-state index contributed by atoms with van der Waals surface area (Å²) < 4.78 is 12.5. The molecular formula is C20H23BO2. The zero-order valence-electron chi connectivity index (χ0n) is 14.2. The third kappa shape index (κ3) is 3.26. The van der Waals surface area contributed by atoms with Gasteiger partial charge in [0.25, 0.3) is 0 Å². The molecule has 2 aromatic carbocycles. The van der Waals surface area contributed by atoms with Crippen LogP contribution in [0.15, 0.2) is 60.7 Å². The fourth-order valence-electron chi connectivity index (χ4n) is 2.62. The molecule has 0 bridgehead atoms. The lowest BCUT2D eigenvalue weighted by Crippen LogP contribution is -2.41. The van der Waals surface area contributed by atoms with E-state index in [1.165, 1.54) is 0 Å². The predicted molar refractivity (Wildman–Crippen MR) is 96.8 cm³/mol. The average molecular weight is 306 g/mol. The van der Waals surface area contributed by atoms with Gasteiger partial charge in [-0.15, -0.1) is 0 Å². The summed E-state index contributed by atoms with van der Waals surface area (Å²) in [4.78, 5) is 0. The van der Waals surface area contributed by atoms with Crippen LogP contribution in [0.25, 0.3) is 11.5 Å². The van der Waals surface area contributed by atoms with Crippen molar-refractivity contribution < 1.29 is 9.31 Å². The molecule has 0 spiro atoms. The van der Waals surface area contributed by atoms with Crippen LogP contribution >= 0.6 is 0 Å². The van der Waals surface area contributed by atoms with Crippen molar-refractivity contribution in [1.82, 2.24) is 0 Å². The monoisotopic (exact) mass is 306 g/mol. The van der Waals surface area contributed by atoms with Crippen molar-refractivity contribution in [2.75, 3.05) is 0 Å². The van der Waals surface area contributed by atoms with Crippen LogP contribution in [0.4, 0.5) is 0 Å². The number of hydrogen-bond acceptors (Lipinski definition) is 2. The molecular weight excluding hydrogens is 283 g/mol. The molecule has 1 aliphatic heterocycles. The molecule has 0 N–H and O–H groups in total. The van der Waals surface area contributed by atoms with Crippen LogP contribution in [0.5, 0.6) is 0 Å². The highest BCUT2D eigenvalue weighted by atomic mass is 16.7. The van der Waals surface area contributed by atoms with Gasteiger partial charge in [-0.3, -0.25) is 0 Å². The molecule has 0 radical (unpaired) electrons. The molecule has 3 rings (SSSR count). The maximum absolute atomic E-state index is 6.26. The van der Waals surface area contributed by atoms with Crippen LogP contribution in [0, 0.1) is 0 Å². The summed E-state index contributed by atoms with van der Waals surface area (Å²) in [6.07, 6.45) is 2.15. The minimum atomic E-state index is -0.373. The molecule has 0 aliphatic carbocycles. The van der Waals surface area contributed by atoms with E-state index in [0.29, 0.717) is 0 Å². The number of hydrogen-bond donors (Lipinski definition) is 0. The smallest absolute Gasteiger partial charge is 0.399 e. The van der Waals surface area contributed by atoms with Gasteiger partial charge in [0.2, 0.25) is 0 Å². The molecule has 1 fully saturated rings. The molecule has 0 atom stereocenters. The Morgan fingerprint density at radius 3 is 1.78 bits per heavy atom. The van der Waals surface area contributed by atoms with Crippen LogP contribution in [-0.4, -0.2) is 18.3 Å². The fraction of sp³-hybridized carbons (Fsp3) is 0.300. The summed E-state index contributed by atoms with van der Waals surface area (Å²) >= 11 is 0. The molecule has 1 saturated heterocycles. The number of rotatable bonds is 3. The molecule has 2 aromatic rings. The van der Waals surface area contributed by atoms with Crippen LogP contribution < -0.4 is 0 Å². The largest absolute Gasteiger partial charge is 0.495 e. The molecule has 118 valence electrons. The Hall–Kier alpha value is -1.84. The van der Waals surface area contributed by atoms with Crippen molar-refractivity contribution in [2.24, 2.45) is 0 Å². The van der Waals surface area contributed by atoms with Gasteiger partial charge in [0, 0.05) is 0 Å². The van der Waals surface area contributed by atoms with Crippen LogP contribution in [0.2, 0.25) is 0 Å². The lowest BCUT2D eigenvalue weighted by atomic mass is 9.73. The van der Waals surface area contributed by atoms with E-state index < -0.39 is 0 Å². The molecule has 1 aliphatic rings. The maximum atomic E-state index is 6.26. The predicted octanol–water partition coefficient (Wildman–Crippen LogP) is 4.86. The molecule has 0 saturated carbocycles. The Balaban J connectivity index is 2.03. The summed E-state index contributed by atoms with van der Waals surface area (Å²) in [5, 5.41) is 0. The highest BCUT2D eigenvalue weighted by Crippen LogP contribution is 2.40. The minimum absolute atomic E-state index is 0.345. The Morgan fingerprint density at radius 1 is 0.783 bits per heavy atom. The van der Waals surface area contributed by atoms with E-state index in [4.69, 9.17) is 9.31 Å². The second kappa shape index (κ2) is 5.99. The van der Waals surface area contributed by atoms with Gasteiger partial charge < -0.3 is 9.31 Å². The molecule has 0 aromatic heterocycles. The summed E-state index contributed by atoms with van der Waals surface area (Å²) in [6.45, 7) is 8.33. The molecule has 23 heavy (non-hydrogen) atoms. The Morgan fingerprint density at radius 2 is 1.26 bits per heavy atom. The van der Waals surface area contributed by atoms with E-state index in [0.717, 1.165) is 16.6 Å². The first-order valence-electron chi connectivity index (χ1n) is 8.07. The van der Waals surface area contributed by atoms with E-state index in [9.17, 15) is 0 Å². The van der Waals surface area contributed by atoms with Crippen molar-refractivity contribution in [3.63, 3.8) is 0 Å². The quantitative estimate of drug-likeness (QED) is 0.595. The topological polar surface area (TPSA) is 18.5 Å². The van der Waals surface area contributed by atoms with Gasteiger partial charge in [0.15, 0.2) is 0 Å². The van der Waals surface area contributed by atoms with Crippen molar-refractivity contribution >= 4 is 18.7 Å². The maximum Gasteiger partial charge on any atom is 0.495 e. The van der Waals surface area contributed by atoms with Crippen LogP contribution in [0.3, 0.4) is 0 Å². The molecule has 1 heterocycles. The number of benzene rings is 2. The van der Waals surface area contributed by atoms with Gasteiger partial charge in [-0.1, -0.05) is 66.7 Å². The summed E-state index contributed by atoms with van der Waals surface area (Å²) in [5.41, 5.74) is 2.62. The van der Waals surface area contributed by atoms with E-state index in [2.05, 4.69) is 58.0 Å². The summed E-state index contributed by atoms with van der Waals surface area (Å²) in [7, 11) is -0.373. The lowest BCUT2D eigenvalue weighted by molar-refractivity contribution is 0.00578. The molecule has 0 unspecified atom stereocenters. The van der Waals surface area contributed by atoms with Crippen molar-refractivity contribution in [1.29, 1.82) is 0 Å². The zero-order chi connectivity index (χ0) is 16.5. The lowest BCUT2D eigenvalue weighted by Gasteiger charge is -2.32. The third-order valence-corrected chi connectivity index (χ3v) is 4.74. The first-order valence-corrected chi connectivity index (χ1v) is 8.07. The molecule has 2 nitrogen and oxygen atoms in total. The van der Waals surface area contributed by atoms with Gasteiger partial charge in [0.05, 0.1) is 11.2 Å². The van der Waals surface area contributed by atoms with E-state index >= 15 is 0 Å². The fourth-order valence-corrected chi connectivity index (χ4v) is 2.62. The Bertz CT molecular complexity index is 674.